The van der Waals surface area contributed by atoms with Crippen LogP contribution in [-0.2, 0) is 0 Å². The lowest BCUT2D eigenvalue weighted by Crippen LogP contribution is -2.02. The zero-order valence-electron chi connectivity index (χ0n) is 9.85. The third kappa shape index (κ3) is 1.97. The number of nitrogens with two attached hydrogens (primary N) is 1. The van der Waals surface area contributed by atoms with Gasteiger partial charge in [-0.2, -0.15) is 5.10 Å². The zero-order chi connectivity index (χ0) is 13.4. The number of benzene rings is 1. The molecular weight excluding hydrogens is 300 g/mol. The Balaban J connectivity index is 2.55. The van der Waals surface area contributed by atoms with Crippen LogP contribution in [0.1, 0.15) is 11.4 Å². The van der Waals surface area contributed by atoms with Crippen molar-refractivity contribution in [3.05, 3.63) is 44.2 Å². The molecule has 0 aliphatic heterocycles. The summed E-state index contributed by atoms with van der Waals surface area (Å²) in [5, 5.41) is 15.0. The van der Waals surface area contributed by atoms with E-state index in [4.69, 9.17) is 5.73 Å². The second-order valence-electron chi connectivity index (χ2n) is 3.90. The molecule has 0 saturated heterocycles. The van der Waals surface area contributed by atoms with Crippen LogP contribution in [0, 0.1) is 24.0 Å². The number of rotatable bonds is 2. The van der Waals surface area contributed by atoms with Crippen molar-refractivity contribution in [1.29, 1.82) is 0 Å². The van der Waals surface area contributed by atoms with Gasteiger partial charge >= 0.3 is 0 Å². The van der Waals surface area contributed by atoms with Crippen LogP contribution in [0.5, 0.6) is 0 Å². The van der Waals surface area contributed by atoms with Gasteiger partial charge in [0.2, 0.25) is 0 Å². The lowest BCUT2D eigenvalue weighted by Gasteiger charge is -2.05. The van der Waals surface area contributed by atoms with Crippen molar-refractivity contribution >= 4 is 27.3 Å². The van der Waals surface area contributed by atoms with Crippen LogP contribution in [-0.4, -0.2) is 14.7 Å². The molecule has 0 spiro atoms. The first-order chi connectivity index (χ1) is 8.41. The van der Waals surface area contributed by atoms with Crippen molar-refractivity contribution in [2.75, 3.05) is 5.73 Å². The molecule has 0 radical (unpaired) electrons. The van der Waals surface area contributed by atoms with Gasteiger partial charge in [-0.05, 0) is 41.9 Å². The molecule has 2 N–H and O–H groups in total. The summed E-state index contributed by atoms with van der Waals surface area (Å²) in [7, 11) is 0. The number of aryl methyl sites for hydroxylation is 1. The van der Waals surface area contributed by atoms with E-state index in [0.29, 0.717) is 5.69 Å². The van der Waals surface area contributed by atoms with Gasteiger partial charge in [-0.25, -0.2) is 4.68 Å². The number of anilines is 1. The summed E-state index contributed by atoms with van der Waals surface area (Å²) in [6.07, 6.45) is 0. The number of halogens is 1. The van der Waals surface area contributed by atoms with E-state index in [1.807, 2.05) is 13.8 Å². The molecule has 0 aliphatic rings. The van der Waals surface area contributed by atoms with Crippen molar-refractivity contribution in [2.24, 2.45) is 0 Å². The van der Waals surface area contributed by atoms with E-state index in [0.717, 1.165) is 15.9 Å². The van der Waals surface area contributed by atoms with Crippen LogP contribution in [0.2, 0.25) is 0 Å². The maximum absolute atomic E-state index is 10.7. The Kier molecular flexibility index (Phi) is 3.08. The van der Waals surface area contributed by atoms with Crippen molar-refractivity contribution in [3.8, 4) is 5.69 Å². The minimum absolute atomic E-state index is 0.0978. The summed E-state index contributed by atoms with van der Waals surface area (Å²) < 4.78 is 2.61. The number of aromatic nitrogens is 2. The van der Waals surface area contributed by atoms with Crippen molar-refractivity contribution in [1.82, 2.24) is 9.78 Å². The van der Waals surface area contributed by atoms with E-state index in [1.54, 1.807) is 16.8 Å². The molecule has 0 unspecified atom stereocenters. The van der Waals surface area contributed by atoms with Crippen LogP contribution in [0.15, 0.2) is 22.7 Å². The van der Waals surface area contributed by atoms with E-state index < -0.39 is 4.92 Å². The Morgan fingerprint density at radius 1 is 1.44 bits per heavy atom. The Labute approximate surface area is 112 Å². The Morgan fingerprint density at radius 2 is 2.11 bits per heavy atom. The highest BCUT2D eigenvalue weighted by atomic mass is 79.9. The lowest BCUT2D eigenvalue weighted by molar-refractivity contribution is -0.383. The summed E-state index contributed by atoms with van der Waals surface area (Å²) in [5.74, 6) is 0. The second-order valence-corrected chi connectivity index (χ2v) is 4.69. The van der Waals surface area contributed by atoms with Gasteiger partial charge in [0, 0.05) is 6.07 Å². The van der Waals surface area contributed by atoms with Crippen LogP contribution >= 0.6 is 15.9 Å². The number of hydrogen-bond acceptors (Lipinski definition) is 4. The summed E-state index contributed by atoms with van der Waals surface area (Å²) in [4.78, 5) is 10.2. The predicted molar refractivity (Wildman–Crippen MR) is 71.8 cm³/mol. The van der Waals surface area contributed by atoms with Gasteiger partial charge in [0.15, 0.2) is 0 Å². The molecule has 7 heteroatoms. The molecule has 0 amide bonds. The SMILES string of the molecule is Cc1nn(-c2ccc([N+](=O)[O-])c(N)c2)c(C)c1Br. The maximum Gasteiger partial charge on any atom is 0.292 e. The van der Waals surface area contributed by atoms with Crippen LogP contribution in [0.4, 0.5) is 11.4 Å². The summed E-state index contributed by atoms with van der Waals surface area (Å²) >= 11 is 3.43. The normalized spacial score (nSPS) is 10.6. The van der Waals surface area contributed by atoms with Gasteiger partial charge in [0.05, 0.1) is 26.5 Å². The Bertz CT molecular complexity index is 636. The van der Waals surface area contributed by atoms with Crippen LogP contribution in [0.25, 0.3) is 5.69 Å². The molecule has 0 bridgehead atoms. The van der Waals surface area contributed by atoms with E-state index in [9.17, 15) is 10.1 Å². The first kappa shape index (κ1) is 12.6. The number of nitro benzene ring substituents is 1. The number of hydrogen-bond donors (Lipinski definition) is 1. The van der Waals surface area contributed by atoms with E-state index in [1.165, 1.54) is 6.07 Å². The molecule has 0 saturated carbocycles. The number of nitrogens with zero attached hydrogens (tertiary/aromatic N) is 3. The molecule has 6 nitrogen and oxygen atoms in total. The average molecular weight is 311 g/mol. The highest BCUT2D eigenvalue weighted by Crippen LogP contribution is 2.27. The maximum atomic E-state index is 10.7. The van der Waals surface area contributed by atoms with Crippen LogP contribution in [0.3, 0.4) is 0 Å². The van der Waals surface area contributed by atoms with Gasteiger partial charge in [-0.3, -0.25) is 10.1 Å². The molecule has 18 heavy (non-hydrogen) atoms. The largest absolute Gasteiger partial charge is 0.393 e. The second kappa shape index (κ2) is 4.41. The van der Waals surface area contributed by atoms with E-state index in [2.05, 4.69) is 21.0 Å². The van der Waals surface area contributed by atoms with E-state index in [-0.39, 0.29) is 11.4 Å². The quantitative estimate of drug-likeness (QED) is 0.525. The minimum Gasteiger partial charge on any atom is -0.393 e. The third-order valence-corrected chi connectivity index (χ3v) is 3.80. The molecule has 94 valence electrons. The summed E-state index contributed by atoms with van der Waals surface area (Å²) in [5.41, 5.74) is 8.16. The average Bonchev–Trinajstić information content (AvgIpc) is 2.56. The van der Waals surface area contributed by atoms with Gasteiger partial charge < -0.3 is 5.73 Å². The fraction of sp³-hybridized carbons (Fsp3) is 0.182. The van der Waals surface area contributed by atoms with Crippen molar-refractivity contribution in [3.63, 3.8) is 0 Å². The molecule has 2 rings (SSSR count). The van der Waals surface area contributed by atoms with Gasteiger partial charge in [-0.15, -0.1) is 0 Å². The molecule has 0 aliphatic carbocycles. The van der Waals surface area contributed by atoms with Gasteiger partial charge in [0.25, 0.3) is 5.69 Å². The first-order valence-electron chi connectivity index (χ1n) is 5.18. The van der Waals surface area contributed by atoms with Crippen molar-refractivity contribution in [2.45, 2.75) is 13.8 Å². The smallest absolute Gasteiger partial charge is 0.292 e. The van der Waals surface area contributed by atoms with E-state index >= 15 is 0 Å². The first-order valence-corrected chi connectivity index (χ1v) is 5.97. The molecule has 0 fully saturated rings. The molecule has 1 aromatic heterocycles. The lowest BCUT2D eigenvalue weighted by atomic mass is 10.2. The fourth-order valence-electron chi connectivity index (χ4n) is 1.71. The Morgan fingerprint density at radius 3 is 2.56 bits per heavy atom. The molecule has 1 heterocycles. The van der Waals surface area contributed by atoms with Gasteiger partial charge in [-0.1, -0.05) is 0 Å². The number of nitrogen functional groups attached to an aromatic ring is 1. The summed E-state index contributed by atoms with van der Waals surface area (Å²) in [6, 6.07) is 4.55. The molecule has 1 aromatic carbocycles. The minimum atomic E-state index is -0.504. The molecule has 0 atom stereocenters. The highest BCUT2D eigenvalue weighted by molar-refractivity contribution is 9.10. The van der Waals surface area contributed by atoms with Crippen molar-refractivity contribution < 1.29 is 4.92 Å². The highest BCUT2D eigenvalue weighted by Gasteiger charge is 2.15. The molecule has 2 aromatic rings. The monoisotopic (exact) mass is 310 g/mol. The predicted octanol–water partition coefficient (Wildman–Crippen LogP) is 2.74. The Hall–Kier alpha value is -1.89. The molecular formula is C11H11BrN4O2. The van der Waals surface area contributed by atoms with Gasteiger partial charge in [0.1, 0.15) is 5.69 Å². The standard InChI is InChI=1S/C11H11BrN4O2/c1-6-11(12)7(2)15(14-6)8-3-4-10(16(17)18)9(13)5-8/h3-5H,13H2,1-2H3. The summed E-state index contributed by atoms with van der Waals surface area (Å²) in [6.45, 7) is 3.78. The topological polar surface area (TPSA) is 87.0 Å². The zero-order valence-corrected chi connectivity index (χ0v) is 11.4. The van der Waals surface area contributed by atoms with Crippen LogP contribution < -0.4 is 5.73 Å². The number of nitro groups is 1. The fourth-order valence-corrected chi connectivity index (χ4v) is 1.96. The third-order valence-electron chi connectivity index (χ3n) is 2.66.